The summed E-state index contributed by atoms with van der Waals surface area (Å²) in [7, 11) is 0. The van der Waals surface area contributed by atoms with Gasteiger partial charge in [-0.15, -0.1) is 0 Å². The number of halogens is 1. The smallest absolute Gasteiger partial charge is 0.278 e. The summed E-state index contributed by atoms with van der Waals surface area (Å²) in [6, 6.07) is 18.2. The lowest BCUT2D eigenvalue weighted by Gasteiger charge is -2.21. The maximum atomic E-state index is 13.3. The van der Waals surface area contributed by atoms with Gasteiger partial charge in [0, 0.05) is 29.5 Å². The van der Waals surface area contributed by atoms with Gasteiger partial charge < -0.3 is 14.6 Å². The maximum absolute atomic E-state index is 13.3. The molecule has 1 aliphatic rings. The maximum Gasteiger partial charge on any atom is 0.278 e. The van der Waals surface area contributed by atoms with Crippen LogP contribution in [0.15, 0.2) is 77.0 Å². The number of furan rings is 1. The first-order valence-corrected chi connectivity index (χ1v) is 10.9. The number of benzene rings is 2. The average Bonchev–Trinajstić information content (AvgIpc) is 3.40. The SMILES string of the molecule is CCN(CC)c1ccc(NC2=C(c3ccc(Cl)cc3)C(=O)N(Cc3ccco3)C2=O)cc1. The van der Waals surface area contributed by atoms with Crippen LogP contribution < -0.4 is 10.2 Å². The van der Waals surface area contributed by atoms with Crippen LogP contribution in [0.25, 0.3) is 5.57 Å². The van der Waals surface area contributed by atoms with E-state index in [9.17, 15) is 9.59 Å². The van der Waals surface area contributed by atoms with E-state index in [0.29, 0.717) is 21.9 Å². The molecule has 164 valence electrons. The van der Waals surface area contributed by atoms with Gasteiger partial charge in [-0.25, -0.2) is 0 Å². The van der Waals surface area contributed by atoms with Crippen LogP contribution >= 0.6 is 11.6 Å². The van der Waals surface area contributed by atoms with Crippen LogP contribution in [0.3, 0.4) is 0 Å². The molecule has 0 saturated carbocycles. The summed E-state index contributed by atoms with van der Waals surface area (Å²) in [4.78, 5) is 30.0. The Morgan fingerprint density at radius 1 is 0.938 bits per heavy atom. The molecule has 0 spiro atoms. The molecule has 7 heteroatoms. The zero-order chi connectivity index (χ0) is 22.7. The molecule has 0 aliphatic carbocycles. The summed E-state index contributed by atoms with van der Waals surface area (Å²) < 4.78 is 5.35. The van der Waals surface area contributed by atoms with Crippen LogP contribution in [0.2, 0.25) is 5.02 Å². The molecule has 1 aliphatic heterocycles. The van der Waals surface area contributed by atoms with E-state index in [4.69, 9.17) is 16.0 Å². The van der Waals surface area contributed by atoms with E-state index in [1.165, 1.54) is 11.2 Å². The van der Waals surface area contributed by atoms with E-state index in [-0.39, 0.29) is 18.1 Å². The van der Waals surface area contributed by atoms with Crippen molar-refractivity contribution in [2.24, 2.45) is 0 Å². The van der Waals surface area contributed by atoms with Crippen molar-refractivity contribution in [1.29, 1.82) is 0 Å². The van der Waals surface area contributed by atoms with Gasteiger partial charge in [0.25, 0.3) is 11.8 Å². The van der Waals surface area contributed by atoms with Crippen LogP contribution in [0, 0.1) is 0 Å². The van der Waals surface area contributed by atoms with Crippen LogP contribution in [0.4, 0.5) is 11.4 Å². The van der Waals surface area contributed by atoms with Gasteiger partial charge in [-0.2, -0.15) is 0 Å². The number of carbonyl (C=O) groups excluding carboxylic acids is 2. The van der Waals surface area contributed by atoms with Crippen molar-refractivity contribution in [2.75, 3.05) is 23.3 Å². The van der Waals surface area contributed by atoms with Crippen LogP contribution in [-0.2, 0) is 16.1 Å². The number of carbonyl (C=O) groups is 2. The molecule has 6 nitrogen and oxygen atoms in total. The highest BCUT2D eigenvalue weighted by Gasteiger charge is 2.39. The Balaban J connectivity index is 1.68. The van der Waals surface area contributed by atoms with Crippen molar-refractivity contribution in [2.45, 2.75) is 20.4 Å². The molecule has 32 heavy (non-hydrogen) atoms. The van der Waals surface area contributed by atoms with Crippen molar-refractivity contribution in [3.05, 3.63) is 89.0 Å². The number of anilines is 2. The van der Waals surface area contributed by atoms with E-state index in [1.807, 2.05) is 24.3 Å². The second kappa shape index (κ2) is 9.32. The number of imide groups is 1. The molecule has 2 heterocycles. The van der Waals surface area contributed by atoms with Gasteiger partial charge in [0.1, 0.15) is 11.5 Å². The Labute approximate surface area is 192 Å². The molecule has 0 saturated heterocycles. The van der Waals surface area contributed by atoms with Gasteiger partial charge in [0.05, 0.1) is 18.4 Å². The Morgan fingerprint density at radius 2 is 1.62 bits per heavy atom. The van der Waals surface area contributed by atoms with Crippen molar-refractivity contribution in [3.63, 3.8) is 0 Å². The highest BCUT2D eigenvalue weighted by Crippen LogP contribution is 2.32. The molecular weight excluding hydrogens is 426 g/mol. The predicted octanol–water partition coefficient (Wildman–Crippen LogP) is 5.17. The fourth-order valence-electron chi connectivity index (χ4n) is 3.77. The molecule has 2 amide bonds. The minimum absolute atomic E-state index is 0.0633. The van der Waals surface area contributed by atoms with Crippen LogP contribution in [0.5, 0.6) is 0 Å². The van der Waals surface area contributed by atoms with Gasteiger partial charge in [-0.3, -0.25) is 14.5 Å². The lowest BCUT2D eigenvalue weighted by Crippen LogP contribution is -2.31. The van der Waals surface area contributed by atoms with Crippen molar-refractivity contribution in [3.8, 4) is 0 Å². The summed E-state index contributed by atoms with van der Waals surface area (Å²) in [5.74, 6) is -0.243. The van der Waals surface area contributed by atoms with Gasteiger partial charge >= 0.3 is 0 Å². The molecule has 0 fully saturated rings. The third-order valence-electron chi connectivity index (χ3n) is 5.46. The third-order valence-corrected chi connectivity index (χ3v) is 5.71. The minimum atomic E-state index is -0.399. The number of rotatable bonds is 8. The first-order valence-electron chi connectivity index (χ1n) is 10.5. The molecule has 0 unspecified atom stereocenters. The number of nitrogens with one attached hydrogen (secondary N) is 1. The number of hydrogen-bond acceptors (Lipinski definition) is 5. The molecule has 4 rings (SSSR count). The summed E-state index contributed by atoms with van der Waals surface area (Å²) in [5.41, 5.74) is 2.99. The summed E-state index contributed by atoms with van der Waals surface area (Å²) in [5, 5.41) is 3.74. The lowest BCUT2D eigenvalue weighted by molar-refractivity contribution is -0.137. The fraction of sp³-hybridized carbons (Fsp3) is 0.200. The first-order chi connectivity index (χ1) is 15.5. The average molecular weight is 450 g/mol. The number of hydrogen-bond donors (Lipinski definition) is 1. The highest BCUT2D eigenvalue weighted by atomic mass is 35.5. The van der Waals surface area contributed by atoms with E-state index in [2.05, 4.69) is 24.1 Å². The highest BCUT2D eigenvalue weighted by molar-refractivity contribution is 6.36. The fourth-order valence-corrected chi connectivity index (χ4v) is 3.89. The molecule has 2 aromatic carbocycles. The predicted molar refractivity (Wildman–Crippen MR) is 126 cm³/mol. The Morgan fingerprint density at radius 3 is 2.22 bits per heavy atom. The number of nitrogens with zero attached hydrogens (tertiary/aromatic N) is 2. The minimum Gasteiger partial charge on any atom is -0.467 e. The quantitative estimate of drug-likeness (QED) is 0.480. The molecule has 0 radical (unpaired) electrons. The zero-order valence-electron chi connectivity index (χ0n) is 18.0. The molecule has 0 bridgehead atoms. The Bertz CT molecular complexity index is 1130. The molecule has 0 atom stereocenters. The zero-order valence-corrected chi connectivity index (χ0v) is 18.7. The summed E-state index contributed by atoms with van der Waals surface area (Å²) in [6.07, 6.45) is 1.52. The van der Waals surface area contributed by atoms with E-state index >= 15 is 0 Å². The molecule has 1 aromatic heterocycles. The van der Waals surface area contributed by atoms with Crippen LogP contribution in [-0.4, -0.2) is 29.8 Å². The summed E-state index contributed by atoms with van der Waals surface area (Å²) in [6.45, 7) is 6.09. The molecule has 3 aromatic rings. The lowest BCUT2D eigenvalue weighted by atomic mass is 10.0. The van der Waals surface area contributed by atoms with Crippen molar-refractivity contribution in [1.82, 2.24) is 4.90 Å². The van der Waals surface area contributed by atoms with E-state index < -0.39 is 5.91 Å². The van der Waals surface area contributed by atoms with Crippen LogP contribution in [0.1, 0.15) is 25.2 Å². The third kappa shape index (κ3) is 4.27. The normalized spacial score (nSPS) is 13.8. The molecule has 1 N–H and O–H groups in total. The monoisotopic (exact) mass is 449 g/mol. The van der Waals surface area contributed by atoms with Gasteiger partial charge in [0.15, 0.2) is 0 Å². The summed E-state index contributed by atoms with van der Waals surface area (Å²) >= 11 is 6.03. The largest absolute Gasteiger partial charge is 0.467 e. The number of amides is 2. The standard InChI is InChI=1S/C25H24ClN3O3/c1-3-28(4-2)20-13-11-19(12-14-20)27-23-22(17-7-9-18(26)10-8-17)24(30)29(25(23)31)16-21-6-5-15-32-21/h5-15,27H,3-4,16H2,1-2H3. The Hall–Kier alpha value is -3.51. The van der Waals surface area contributed by atoms with E-state index in [1.54, 1.807) is 36.4 Å². The second-order valence-electron chi connectivity index (χ2n) is 7.38. The second-order valence-corrected chi connectivity index (χ2v) is 7.81. The Kier molecular flexibility index (Phi) is 6.32. The van der Waals surface area contributed by atoms with Gasteiger partial charge in [-0.05, 0) is 67.9 Å². The van der Waals surface area contributed by atoms with Gasteiger partial charge in [0.2, 0.25) is 0 Å². The molecular formula is C25H24ClN3O3. The first kappa shape index (κ1) is 21.7. The van der Waals surface area contributed by atoms with E-state index in [0.717, 1.165) is 24.5 Å². The van der Waals surface area contributed by atoms with Crippen molar-refractivity contribution >= 4 is 40.4 Å². The van der Waals surface area contributed by atoms with Gasteiger partial charge in [-0.1, -0.05) is 23.7 Å². The topological polar surface area (TPSA) is 65.8 Å². The van der Waals surface area contributed by atoms with Crippen molar-refractivity contribution < 1.29 is 14.0 Å².